The molecule has 0 saturated carbocycles. The first-order chi connectivity index (χ1) is 10.2. The summed E-state index contributed by atoms with van der Waals surface area (Å²) in [5.41, 5.74) is 1.11. The Labute approximate surface area is 132 Å². The van der Waals surface area contributed by atoms with Crippen LogP contribution in [0.5, 0.6) is 0 Å². The molecule has 0 aliphatic carbocycles. The van der Waals surface area contributed by atoms with Gasteiger partial charge in [0, 0.05) is 31.7 Å². The summed E-state index contributed by atoms with van der Waals surface area (Å²) in [5, 5.41) is 7.66. The molecule has 120 valence electrons. The third-order valence-electron chi connectivity index (χ3n) is 3.10. The molecule has 1 heterocycles. The number of guanidine groups is 1. The van der Waals surface area contributed by atoms with Gasteiger partial charge in [0.15, 0.2) is 5.96 Å². The van der Waals surface area contributed by atoms with Crippen LogP contribution in [0.3, 0.4) is 0 Å². The smallest absolute Gasteiger partial charge is 0.191 e. The topological polar surface area (TPSA) is 58.5 Å². The quantitative estimate of drug-likeness (QED) is 0.418. The van der Waals surface area contributed by atoms with Gasteiger partial charge in [-0.2, -0.15) is 0 Å². The second-order valence-electron chi connectivity index (χ2n) is 4.92. The van der Waals surface area contributed by atoms with E-state index in [-0.39, 0.29) is 0 Å². The number of nitrogens with one attached hydrogen (secondary N) is 2. The summed E-state index contributed by atoms with van der Waals surface area (Å²) in [6.45, 7) is 9.56. The molecule has 0 fully saturated rings. The summed E-state index contributed by atoms with van der Waals surface area (Å²) in [5.74, 6) is 0.814. The molecule has 0 saturated heterocycles. The second kappa shape index (κ2) is 10.6. The molecule has 0 atom stereocenters. The maximum absolute atomic E-state index is 5.53. The monoisotopic (exact) mass is 312 g/mol. The molecule has 1 aromatic rings. The maximum Gasteiger partial charge on any atom is 0.191 e. The number of rotatable bonds is 9. The summed E-state index contributed by atoms with van der Waals surface area (Å²) in [6, 6.07) is 0. The van der Waals surface area contributed by atoms with E-state index in [0.717, 1.165) is 49.3 Å². The zero-order valence-electron chi connectivity index (χ0n) is 13.7. The summed E-state index contributed by atoms with van der Waals surface area (Å²) >= 11 is 1.73. The van der Waals surface area contributed by atoms with Crippen molar-refractivity contribution < 1.29 is 4.74 Å². The van der Waals surface area contributed by atoms with Crippen LogP contribution in [0.4, 0.5) is 0 Å². The molecule has 0 bridgehead atoms. The molecule has 1 rings (SSSR count). The van der Waals surface area contributed by atoms with Crippen molar-refractivity contribution in [3.63, 3.8) is 0 Å². The van der Waals surface area contributed by atoms with E-state index in [4.69, 9.17) is 4.74 Å². The number of hydrogen-bond donors (Lipinski definition) is 2. The van der Waals surface area contributed by atoms with Gasteiger partial charge in [-0.15, -0.1) is 11.3 Å². The van der Waals surface area contributed by atoms with Crippen LogP contribution in [0.25, 0.3) is 0 Å². The molecule has 0 spiro atoms. The minimum Gasteiger partial charge on any atom is -0.381 e. The van der Waals surface area contributed by atoms with E-state index in [9.17, 15) is 0 Å². The van der Waals surface area contributed by atoms with Crippen LogP contribution >= 0.6 is 11.3 Å². The summed E-state index contributed by atoms with van der Waals surface area (Å²) in [7, 11) is 1.78. The standard InChI is InChI=1S/C15H28N4OS/c1-5-6-9-20-10-7-8-17-15(16-4)18-11-14-19-12(2)13(3)21-14/h5-11H2,1-4H3,(H2,16,17,18). The number of hydrogen-bond acceptors (Lipinski definition) is 4. The normalized spacial score (nSPS) is 11.7. The molecule has 1 aromatic heterocycles. The highest BCUT2D eigenvalue weighted by Gasteiger charge is 2.04. The van der Waals surface area contributed by atoms with Gasteiger partial charge in [-0.05, 0) is 26.7 Å². The fraction of sp³-hybridized carbons (Fsp3) is 0.733. The Morgan fingerprint density at radius 2 is 2.00 bits per heavy atom. The van der Waals surface area contributed by atoms with Gasteiger partial charge in [-0.25, -0.2) is 4.98 Å². The van der Waals surface area contributed by atoms with Crippen LogP contribution in [0, 0.1) is 13.8 Å². The first-order valence-electron chi connectivity index (χ1n) is 7.62. The molecule has 6 heteroatoms. The molecule has 0 radical (unpaired) electrons. The molecule has 21 heavy (non-hydrogen) atoms. The van der Waals surface area contributed by atoms with Crippen molar-refractivity contribution in [3.05, 3.63) is 15.6 Å². The van der Waals surface area contributed by atoms with Crippen LogP contribution in [-0.4, -0.2) is 37.7 Å². The highest BCUT2D eigenvalue weighted by Crippen LogP contribution is 2.15. The van der Waals surface area contributed by atoms with Crippen molar-refractivity contribution in [1.29, 1.82) is 0 Å². The molecule has 0 aliphatic rings. The molecule has 2 N–H and O–H groups in total. The Hall–Kier alpha value is -1.14. The van der Waals surface area contributed by atoms with Crippen molar-refractivity contribution in [2.45, 2.75) is 46.6 Å². The highest BCUT2D eigenvalue weighted by molar-refractivity contribution is 7.11. The van der Waals surface area contributed by atoms with Crippen LogP contribution in [0.1, 0.15) is 41.8 Å². The molecular weight excluding hydrogens is 284 g/mol. The van der Waals surface area contributed by atoms with E-state index >= 15 is 0 Å². The van der Waals surface area contributed by atoms with Gasteiger partial charge in [-0.1, -0.05) is 13.3 Å². The predicted octanol–water partition coefficient (Wildman–Crippen LogP) is 2.63. The zero-order valence-corrected chi connectivity index (χ0v) is 14.5. The number of ether oxygens (including phenoxy) is 1. The third-order valence-corrected chi connectivity index (χ3v) is 4.18. The lowest BCUT2D eigenvalue weighted by molar-refractivity contribution is 0.129. The lowest BCUT2D eigenvalue weighted by Gasteiger charge is -2.10. The minimum atomic E-state index is 0.714. The largest absolute Gasteiger partial charge is 0.381 e. The molecular formula is C15H28N4OS. The Kier molecular flexibility index (Phi) is 9.01. The van der Waals surface area contributed by atoms with E-state index in [2.05, 4.69) is 34.5 Å². The number of aromatic nitrogens is 1. The first kappa shape index (κ1) is 17.9. The van der Waals surface area contributed by atoms with Gasteiger partial charge in [0.25, 0.3) is 0 Å². The van der Waals surface area contributed by atoms with Gasteiger partial charge < -0.3 is 15.4 Å². The van der Waals surface area contributed by atoms with Crippen molar-refractivity contribution in [2.24, 2.45) is 4.99 Å². The van der Waals surface area contributed by atoms with Gasteiger partial charge in [-0.3, -0.25) is 4.99 Å². The van der Waals surface area contributed by atoms with Crippen molar-refractivity contribution in [1.82, 2.24) is 15.6 Å². The Balaban J connectivity index is 2.14. The lowest BCUT2D eigenvalue weighted by atomic mass is 10.4. The Morgan fingerprint density at radius 1 is 1.24 bits per heavy atom. The average Bonchev–Trinajstić information content (AvgIpc) is 2.80. The average molecular weight is 312 g/mol. The second-order valence-corrected chi connectivity index (χ2v) is 6.21. The van der Waals surface area contributed by atoms with Crippen LogP contribution in [-0.2, 0) is 11.3 Å². The van der Waals surface area contributed by atoms with Gasteiger partial charge in [0.1, 0.15) is 5.01 Å². The minimum absolute atomic E-state index is 0.714. The van der Waals surface area contributed by atoms with Crippen LogP contribution < -0.4 is 10.6 Å². The first-order valence-corrected chi connectivity index (χ1v) is 8.44. The molecule has 0 unspecified atom stereocenters. The zero-order chi connectivity index (χ0) is 15.5. The van der Waals surface area contributed by atoms with E-state index in [1.165, 1.54) is 11.3 Å². The fourth-order valence-electron chi connectivity index (χ4n) is 1.72. The van der Waals surface area contributed by atoms with Gasteiger partial charge in [0.2, 0.25) is 0 Å². The van der Waals surface area contributed by atoms with E-state index < -0.39 is 0 Å². The maximum atomic E-state index is 5.53. The number of nitrogens with zero attached hydrogens (tertiary/aromatic N) is 2. The summed E-state index contributed by atoms with van der Waals surface area (Å²) < 4.78 is 5.53. The van der Waals surface area contributed by atoms with Gasteiger partial charge >= 0.3 is 0 Å². The SMILES string of the molecule is CCCCOCCCNC(=NC)NCc1nc(C)c(C)s1. The number of unbranched alkanes of at least 4 members (excludes halogenated alkanes) is 1. The van der Waals surface area contributed by atoms with Gasteiger partial charge in [0.05, 0.1) is 12.2 Å². The predicted molar refractivity (Wildman–Crippen MR) is 90.1 cm³/mol. The van der Waals surface area contributed by atoms with E-state index in [1.54, 1.807) is 18.4 Å². The molecule has 0 amide bonds. The van der Waals surface area contributed by atoms with Crippen LogP contribution in [0.2, 0.25) is 0 Å². The summed E-state index contributed by atoms with van der Waals surface area (Å²) in [4.78, 5) is 9.99. The molecule has 0 aromatic carbocycles. The van der Waals surface area contributed by atoms with E-state index in [0.29, 0.717) is 6.54 Å². The Morgan fingerprint density at radius 3 is 2.62 bits per heavy atom. The van der Waals surface area contributed by atoms with Crippen molar-refractivity contribution in [2.75, 3.05) is 26.8 Å². The molecule has 0 aliphatic heterocycles. The number of aliphatic imine (C=N–C) groups is 1. The van der Waals surface area contributed by atoms with Crippen molar-refractivity contribution in [3.8, 4) is 0 Å². The van der Waals surface area contributed by atoms with Crippen molar-refractivity contribution >= 4 is 17.3 Å². The summed E-state index contributed by atoms with van der Waals surface area (Å²) in [6.07, 6.45) is 3.31. The fourth-order valence-corrected chi connectivity index (χ4v) is 2.60. The van der Waals surface area contributed by atoms with E-state index in [1.807, 2.05) is 6.92 Å². The third kappa shape index (κ3) is 7.43. The lowest BCUT2D eigenvalue weighted by Crippen LogP contribution is -2.37. The number of aryl methyl sites for hydroxylation is 2. The molecule has 5 nitrogen and oxygen atoms in total. The van der Waals surface area contributed by atoms with Crippen LogP contribution in [0.15, 0.2) is 4.99 Å². The highest BCUT2D eigenvalue weighted by atomic mass is 32.1. The Bertz CT molecular complexity index is 412. The number of thiazole rings is 1.